The van der Waals surface area contributed by atoms with E-state index in [9.17, 15) is 18.0 Å². The van der Waals surface area contributed by atoms with Gasteiger partial charge in [0.25, 0.3) is 0 Å². The first kappa shape index (κ1) is 24.7. The standard InChI is InChI=1S/C22H20ClF3N4O2S/c1-4-11-30-19(15-7-5-6-8-18(15)32-3)28-29-21(30)33-13(2)20(31)27-17-12-14(22(24,25)26)9-10-16(17)23/h4-10,12-13H,1,11H2,2-3H3,(H,27,31). The van der Waals surface area contributed by atoms with Crippen molar-refractivity contribution < 1.29 is 22.7 Å². The highest BCUT2D eigenvalue weighted by atomic mass is 35.5. The molecule has 1 atom stereocenters. The van der Waals surface area contributed by atoms with Crippen molar-refractivity contribution in [3.05, 3.63) is 65.7 Å². The van der Waals surface area contributed by atoms with Gasteiger partial charge in [-0.05, 0) is 37.3 Å². The summed E-state index contributed by atoms with van der Waals surface area (Å²) in [6.07, 6.45) is -2.89. The number of rotatable bonds is 8. The number of methoxy groups -OCH3 is 1. The lowest BCUT2D eigenvalue weighted by atomic mass is 10.2. The van der Waals surface area contributed by atoms with Crippen LogP contribution in [-0.2, 0) is 17.5 Å². The Bertz CT molecular complexity index is 1170. The molecule has 1 aromatic heterocycles. The third-order valence-corrected chi connectivity index (χ3v) is 5.99. The minimum atomic E-state index is -4.56. The molecule has 0 saturated heterocycles. The number of aromatic nitrogens is 3. The number of nitrogens with zero attached hydrogens (tertiary/aromatic N) is 3. The van der Waals surface area contributed by atoms with Crippen molar-refractivity contribution in [1.29, 1.82) is 0 Å². The number of anilines is 1. The summed E-state index contributed by atoms with van der Waals surface area (Å²) in [5.74, 6) is 0.605. The monoisotopic (exact) mass is 496 g/mol. The molecule has 3 rings (SSSR count). The second-order valence-corrected chi connectivity index (χ2v) is 8.56. The molecule has 0 fully saturated rings. The van der Waals surface area contributed by atoms with Gasteiger partial charge in [-0.3, -0.25) is 9.36 Å². The van der Waals surface area contributed by atoms with Gasteiger partial charge in [0, 0.05) is 6.54 Å². The summed E-state index contributed by atoms with van der Waals surface area (Å²) in [6.45, 7) is 5.74. The van der Waals surface area contributed by atoms with Crippen LogP contribution < -0.4 is 10.1 Å². The number of thioether (sulfide) groups is 1. The molecular formula is C22H20ClF3N4O2S. The third-order valence-electron chi connectivity index (χ3n) is 4.58. The van der Waals surface area contributed by atoms with Crippen LogP contribution in [0.25, 0.3) is 11.4 Å². The maximum Gasteiger partial charge on any atom is 0.416 e. The van der Waals surface area contributed by atoms with Gasteiger partial charge < -0.3 is 10.1 Å². The molecule has 1 amide bonds. The summed E-state index contributed by atoms with van der Waals surface area (Å²) < 4.78 is 46.2. The largest absolute Gasteiger partial charge is 0.496 e. The SMILES string of the molecule is C=CCn1c(SC(C)C(=O)Nc2cc(C(F)(F)F)ccc2Cl)nnc1-c1ccccc1OC. The maximum atomic E-state index is 13.0. The van der Waals surface area contributed by atoms with Crippen molar-refractivity contribution in [1.82, 2.24) is 14.8 Å². The predicted octanol–water partition coefficient (Wildman–Crippen LogP) is 5.93. The van der Waals surface area contributed by atoms with Crippen molar-refractivity contribution in [3.8, 4) is 17.1 Å². The van der Waals surface area contributed by atoms with Gasteiger partial charge in [0.05, 0.1) is 34.2 Å². The van der Waals surface area contributed by atoms with Gasteiger partial charge in [-0.15, -0.1) is 16.8 Å². The molecule has 1 unspecified atom stereocenters. The van der Waals surface area contributed by atoms with Crippen molar-refractivity contribution in [2.45, 2.75) is 30.1 Å². The van der Waals surface area contributed by atoms with Crippen molar-refractivity contribution in [2.24, 2.45) is 0 Å². The zero-order chi connectivity index (χ0) is 24.2. The van der Waals surface area contributed by atoms with Crippen LogP contribution >= 0.6 is 23.4 Å². The summed E-state index contributed by atoms with van der Waals surface area (Å²) in [5.41, 5.74) is -0.310. The lowest BCUT2D eigenvalue weighted by Crippen LogP contribution is -2.23. The van der Waals surface area contributed by atoms with Gasteiger partial charge in [0.2, 0.25) is 5.91 Å². The molecule has 0 aliphatic carbocycles. The first-order valence-corrected chi connectivity index (χ1v) is 10.9. The van der Waals surface area contributed by atoms with Crippen LogP contribution in [0.4, 0.5) is 18.9 Å². The van der Waals surface area contributed by atoms with E-state index in [1.165, 1.54) is 0 Å². The van der Waals surface area contributed by atoms with Crippen molar-refractivity contribution in [3.63, 3.8) is 0 Å². The topological polar surface area (TPSA) is 69.0 Å². The number of nitrogens with one attached hydrogen (secondary N) is 1. The van der Waals surface area contributed by atoms with Crippen LogP contribution in [0.15, 0.2) is 60.3 Å². The zero-order valence-electron chi connectivity index (χ0n) is 17.7. The second kappa shape index (κ2) is 10.3. The number of benzene rings is 2. The minimum Gasteiger partial charge on any atom is -0.496 e. The van der Waals surface area contributed by atoms with Gasteiger partial charge in [0.1, 0.15) is 5.75 Å². The van der Waals surface area contributed by atoms with Crippen molar-refractivity contribution >= 4 is 35.0 Å². The average molecular weight is 497 g/mol. The van der Waals surface area contributed by atoms with Gasteiger partial charge in [0.15, 0.2) is 11.0 Å². The van der Waals surface area contributed by atoms with E-state index in [1.807, 2.05) is 18.2 Å². The molecule has 0 bridgehead atoms. The first-order valence-electron chi connectivity index (χ1n) is 9.67. The quantitative estimate of drug-likeness (QED) is 0.309. The number of hydrogen-bond acceptors (Lipinski definition) is 5. The Hall–Kier alpha value is -2.98. The number of carbonyl (C=O) groups is 1. The van der Waals surface area contributed by atoms with Gasteiger partial charge >= 0.3 is 6.18 Å². The lowest BCUT2D eigenvalue weighted by molar-refractivity contribution is -0.137. The molecule has 1 heterocycles. The number of alkyl halides is 3. The molecule has 0 aliphatic rings. The minimum absolute atomic E-state index is 0.00170. The van der Waals surface area contributed by atoms with E-state index in [0.29, 0.717) is 28.8 Å². The fraction of sp³-hybridized carbons (Fsp3) is 0.227. The number of ether oxygens (including phenoxy) is 1. The maximum absolute atomic E-state index is 13.0. The summed E-state index contributed by atoms with van der Waals surface area (Å²) in [4.78, 5) is 12.7. The normalized spacial score (nSPS) is 12.3. The molecule has 1 N–H and O–H groups in total. The van der Waals surface area contributed by atoms with Crippen LogP contribution in [0.2, 0.25) is 5.02 Å². The van der Waals surface area contributed by atoms with E-state index in [4.69, 9.17) is 16.3 Å². The molecule has 0 radical (unpaired) electrons. The van der Waals surface area contributed by atoms with Crippen LogP contribution in [0, 0.1) is 0 Å². The molecule has 174 valence electrons. The van der Waals surface area contributed by atoms with E-state index in [1.54, 1.807) is 30.7 Å². The third kappa shape index (κ3) is 5.69. The summed E-state index contributed by atoms with van der Waals surface area (Å²) in [7, 11) is 1.55. The number of allylic oxidation sites excluding steroid dienone is 1. The summed E-state index contributed by atoms with van der Waals surface area (Å²) in [5, 5.41) is 10.6. The highest BCUT2D eigenvalue weighted by molar-refractivity contribution is 8.00. The molecule has 3 aromatic rings. The van der Waals surface area contributed by atoms with Crippen molar-refractivity contribution in [2.75, 3.05) is 12.4 Å². The average Bonchev–Trinajstić information content (AvgIpc) is 3.16. The number of halogens is 4. The number of carbonyl (C=O) groups excluding carboxylic acids is 1. The Morgan fingerprint density at radius 1 is 1.30 bits per heavy atom. The van der Waals surface area contributed by atoms with E-state index < -0.39 is 22.9 Å². The summed E-state index contributed by atoms with van der Waals surface area (Å²) >= 11 is 7.09. The van der Waals surface area contributed by atoms with Crippen LogP contribution in [0.1, 0.15) is 12.5 Å². The number of para-hydroxylation sites is 1. The fourth-order valence-corrected chi connectivity index (χ4v) is 3.96. The van der Waals surface area contributed by atoms with E-state index >= 15 is 0 Å². The molecule has 0 spiro atoms. The highest BCUT2D eigenvalue weighted by Gasteiger charge is 2.31. The molecule has 6 nitrogen and oxygen atoms in total. The van der Waals surface area contributed by atoms with Gasteiger partial charge in [-0.25, -0.2) is 0 Å². The highest BCUT2D eigenvalue weighted by Crippen LogP contribution is 2.35. The smallest absolute Gasteiger partial charge is 0.416 e. The Labute approximate surface area is 197 Å². The molecule has 2 aromatic carbocycles. The molecule has 33 heavy (non-hydrogen) atoms. The molecule has 0 aliphatic heterocycles. The second-order valence-electron chi connectivity index (χ2n) is 6.85. The van der Waals surface area contributed by atoms with E-state index in [2.05, 4.69) is 22.1 Å². The number of amides is 1. The Kier molecular flexibility index (Phi) is 7.70. The number of hydrogen-bond donors (Lipinski definition) is 1. The van der Waals surface area contributed by atoms with Gasteiger partial charge in [-0.1, -0.05) is 41.6 Å². The molecular weight excluding hydrogens is 477 g/mol. The lowest BCUT2D eigenvalue weighted by Gasteiger charge is -2.15. The Morgan fingerprint density at radius 2 is 2.03 bits per heavy atom. The van der Waals surface area contributed by atoms with Crippen LogP contribution in [-0.4, -0.2) is 33.0 Å². The van der Waals surface area contributed by atoms with Crippen LogP contribution in [0.5, 0.6) is 5.75 Å². The first-order chi connectivity index (χ1) is 15.7. The molecule has 0 saturated carbocycles. The van der Waals surface area contributed by atoms with Crippen LogP contribution in [0.3, 0.4) is 0 Å². The fourth-order valence-electron chi connectivity index (χ4n) is 2.94. The van der Waals surface area contributed by atoms with Gasteiger partial charge in [-0.2, -0.15) is 13.2 Å². The Balaban J connectivity index is 1.83. The predicted molar refractivity (Wildman–Crippen MR) is 123 cm³/mol. The zero-order valence-corrected chi connectivity index (χ0v) is 19.3. The molecule has 11 heteroatoms. The van der Waals surface area contributed by atoms with E-state index in [-0.39, 0.29) is 10.7 Å². The summed E-state index contributed by atoms with van der Waals surface area (Å²) in [6, 6.07) is 10.1. The van der Waals surface area contributed by atoms with E-state index in [0.717, 1.165) is 30.0 Å². The Morgan fingerprint density at radius 3 is 2.70 bits per heavy atom.